The van der Waals surface area contributed by atoms with E-state index in [4.69, 9.17) is 0 Å². The first-order chi connectivity index (χ1) is 9.85. The Balaban J connectivity index is 1.95. The Morgan fingerprint density at radius 1 is 1.05 bits per heavy atom. The van der Waals surface area contributed by atoms with Gasteiger partial charge in [0, 0.05) is 24.8 Å². The van der Waals surface area contributed by atoms with Crippen LogP contribution in [-0.4, -0.2) is 19.1 Å². The van der Waals surface area contributed by atoms with Crippen LogP contribution in [0.1, 0.15) is 57.9 Å². The van der Waals surface area contributed by atoms with Crippen LogP contribution in [0.5, 0.6) is 0 Å². The van der Waals surface area contributed by atoms with Gasteiger partial charge in [0.25, 0.3) is 0 Å². The van der Waals surface area contributed by atoms with Gasteiger partial charge in [-0.05, 0) is 50.4 Å². The fraction of sp³-hybridized carbons (Fsp3) is 0.667. The lowest BCUT2D eigenvalue weighted by Gasteiger charge is -2.35. The topological polar surface area (TPSA) is 15.3 Å². The minimum Gasteiger partial charge on any atom is -0.369 e. The zero-order chi connectivity index (χ0) is 14.2. The summed E-state index contributed by atoms with van der Waals surface area (Å²) >= 11 is 0. The smallest absolute Gasteiger partial charge is 0.0368 e. The van der Waals surface area contributed by atoms with Crippen molar-refractivity contribution in [2.75, 3.05) is 18.0 Å². The SMILES string of the molecule is CCCNCc1ccc(N(CC)C2CCCCC2)cc1. The summed E-state index contributed by atoms with van der Waals surface area (Å²) in [6.07, 6.45) is 8.17. The highest BCUT2D eigenvalue weighted by atomic mass is 15.2. The average Bonchev–Trinajstić information content (AvgIpc) is 2.51. The molecule has 1 saturated carbocycles. The number of anilines is 1. The standard InChI is InChI=1S/C18H30N2/c1-3-14-19-15-16-10-12-18(13-11-16)20(4-2)17-8-6-5-7-9-17/h10-13,17,19H,3-9,14-15H2,1-2H3. The van der Waals surface area contributed by atoms with Gasteiger partial charge < -0.3 is 10.2 Å². The molecule has 0 atom stereocenters. The fourth-order valence-electron chi connectivity index (χ4n) is 3.26. The quantitative estimate of drug-likeness (QED) is 0.744. The van der Waals surface area contributed by atoms with E-state index in [-0.39, 0.29) is 0 Å². The van der Waals surface area contributed by atoms with Gasteiger partial charge in [-0.25, -0.2) is 0 Å². The van der Waals surface area contributed by atoms with E-state index in [0.717, 1.165) is 25.7 Å². The summed E-state index contributed by atoms with van der Waals surface area (Å²) < 4.78 is 0. The summed E-state index contributed by atoms with van der Waals surface area (Å²) in [5.74, 6) is 0. The van der Waals surface area contributed by atoms with Crippen LogP contribution in [0, 0.1) is 0 Å². The molecule has 1 aromatic carbocycles. The van der Waals surface area contributed by atoms with Crippen molar-refractivity contribution in [1.29, 1.82) is 0 Å². The van der Waals surface area contributed by atoms with Crippen LogP contribution >= 0.6 is 0 Å². The lowest BCUT2D eigenvalue weighted by atomic mass is 9.93. The molecule has 0 bridgehead atoms. The first-order valence-corrected chi connectivity index (χ1v) is 8.41. The molecule has 2 heteroatoms. The van der Waals surface area contributed by atoms with Crippen LogP contribution < -0.4 is 10.2 Å². The molecule has 2 rings (SSSR count). The maximum atomic E-state index is 3.46. The van der Waals surface area contributed by atoms with Gasteiger partial charge in [-0.1, -0.05) is 38.3 Å². The lowest BCUT2D eigenvalue weighted by molar-refractivity contribution is 0.418. The Morgan fingerprint density at radius 2 is 1.75 bits per heavy atom. The predicted octanol–water partition coefficient (Wildman–Crippen LogP) is 4.35. The zero-order valence-electron chi connectivity index (χ0n) is 13.2. The molecule has 1 fully saturated rings. The van der Waals surface area contributed by atoms with Crippen LogP contribution in [0.2, 0.25) is 0 Å². The Morgan fingerprint density at radius 3 is 2.35 bits per heavy atom. The van der Waals surface area contributed by atoms with E-state index in [2.05, 4.69) is 48.3 Å². The van der Waals surface area contributed by atoms with Crippen molar-refractivity contribution < 1.29 is 0 Å². The minimum atomic E-state index is 0.762. The first-order valence-electron chi connectivity index (χ1n) is 8.41. The molecule has 0 radical (unpaired) electrons. The molecule has 0 aliphatic heterocycles. The molecular weight excluding hydrogens is 244 g/mol. The summed E-state index contributed by atoms with van der Waals surface area (Å²) in [5, 5.41) is 3.46. The van der Waals surface area contributed by atoms with Crippen LogP contribution in [0.25, 0.3) is 0 Å². The van der Waals surface area contributed by atoms with E-state index in [1.165, 1.54) is 49.8 Å². The monoisotopic (exact) mass is 274 g/mol. The molecule has 1 aliphatic rings. The molecule has 1 N–H and O–H groups in total. The number of hydrogen-bond donors (Lipinski definition) is 1. The van der Waals surface area contributed by atoms with Gasteiger partial charge in [0.05, 0.1) is 0 Å². The Kier molecular flexibility index (Phi) is 6.38. The molecule has 0 saturated heterocycles. The third-order valence-electron chi connectivity index (χ3n) is 4.38. The van der Waals surface area contributed by atoms with Crippen molar-refractivity contribution in [1.82, 2.24) is 5.32 Å². The molecule has 112 valence electrons. The number of hydrogen-bond acceptors (Lipinski definition) is 2. The second-order valence-electron chi connectivity index (χ2n) is 5.92. The Labute approximate surface area is 124 Å². The molecule has 0 heterocycles. The summed E-state index contributed by atoms with van der Waals surface area (Å²) in [7, 11) is 0. The van der Waals surface area contributed by atoms with Crippen LogP contribution in [0.15, 0.2) is 24.3 Å². The molecule has 20 heavy (non-hydrogen) atoms. The number of rotatable bonds is 7. The third kappa shape index (κ3) is 4.24. The van der Waals surface area contributed by atoms with E-state index < -0.39 is 0 Å². The van der Waals surface area contributed by atoms with Gasteiger partial charge in [0.1, 0.15) is 0 Å². The van der Waals surface area contributed by atoms with Gasteiger partial charge in [-0.15, -0.1) is 0 Å². The summed E-state index contributed by atoms with van der Waals surface area (Å²) in [4.78, 5) is 2.60. The maximum absolute atomic E-state index is 3.46. The highest BCUT2D eigenvalue weighted by molar-refractivity contribution is 5.48. The zero-order valence-corrected chi connectivity index (χ0v) is 13.2. The molecule has 1 aliphatic carbocycles. The van der Waals surface area contributed by atoms with Gasteiger partial charge >= 0.3 is 0 Å². The highest BCUT2D eigenvalue weighted by Crippen LogP contribution is 2.27. The van der Waals surface area contributed by atoms with Gasteiger partial charge in [0.2, 0.25) is 0 Å². The van der Waals surface area contributed by atoms with Crippen LogP contribution in [0.4, 0.5) is 5.69 Å². The maximum Gasteiger partial charge on any atom is 0.0368 e. The van der Waals surface area contributed by atoms with Crippen molar-refractivity contribution >= 4 is 5.69 Å². The summed E-state index contributed by atoms with van der Waals surface area (Å²) in [6, 6.07) is 9.94. The molecule has 1 aromatic rings. The van der Waals surface area contributed by atoms with E-state index in [1.54, 1.807) is 0 Å². The minimum absolute atomic E-state index is 0.762. The van der Waals surface area contributed by atoms with Crippen molar-refractivity contribution in [3.05, 3.63) is 29.8 Å². The number of nitrogens with zero attached hydrogens (tertiary/aromatic N) is 1. The second-order valence-corrected chi connectivity index (χ2v) is 5.92. The van der Waals surface area contributed by atoms with Crippen molar-refractivity contribution in [3.63, 3.8) is 0 Å². The van der Waals surface area contributed by atoms with Crippen molar-refractivity contribution in [2.24, 2.45) is 0 Å². The summed E-state index contributed by atoms with van der Waals surface area (Å²) in [5.41, 5.74) is 2.79. The third-order valence-corrected chi connectivity index (χ3v) is 4.38. The lowest BCUT2D eigenvalue weighted by Crippen LogP contribution is -2.36. The number of benzene rings is 1. The highest BCUT2D eigenvalue weighted by Gasteiger charge is 2.19. The molecular formula is C18H30N2. The Hall–Kier alpha value is -1.02. The fourth-order valence-corrected chi connectivity index (χ4v) is 3.26. The molecule has 0 unspecified atom stereocenters. The van der Waals surface area contributed by atoms with Crippen molar-refractivity contribution in [2.45, 2.75) is 65.0 Å². The van der Waals surface area contributed by atoms with Crippen LogP contribution in [0.3, 0.4) is 0 Å². The molecule has 2 nitrogen and oxygen atoms in total. The number of nitrogens with one attached hydrogen (secondary N) is 1. The van der Waals surface area contributed by atoms with E-state index >= 15 is 0 Å². The van der Waals surface area contributed by atoms with Gasteiger partial charge in [-0.2, -0.15) is 0 Å². The summed E-state index contributed by atoms with van der Waals surface area (Å²) in [6.45, 7) is 7.71. The van der Waals surface area contributed by atoms with Crippen LogP contribution in [-0.2, 0) is 6.54 Å². The molecule has 0 aromatic heterocycles. The largest absolute Gasteiger partial charge is 0.369 e. The van der Waals surface area contributed by atoms with E-state index in [0.29, 0.717) is 0 Å². The molecule has 0 spiro atoms. The van der Waals surface area contributed by atoms with Gasteiger partial charge in [0.15, 0.2) is 0 Å². The molecule has 0 amide bonds. The normalized spacial score (nSPS) is 16.3. The Bertz CT molecular complexity index is 366. The van der Waals surface area contributed by atoms with E-state index in [1.807, 2.05) is 0 Å². The van der Waals surface area contributed by atoms with Gasteiger partial charge in [-0.3, -0.25) is 0 Å². The first kappa shape index (κ1) is 15.4. The van der Waals surface area contributed by atoms with E-state index in [9.17, 15) is 0 Å². The predicted molar refractivity (Wildman–Crippen MR) is 88.3 cm³/mol. The second kappa shape index (κ2) is 8.31. The van der Waals surface area contributed by atoms with Crippen molar-refractivity contribution in [3.8, 4) is 0 Å². The average molecular weight is 274 g/mol.